The molecule has 0 radical (unpaired) electrons. The second kappa shape index (κ2) is 3.93. The molecule has 2 rings (SSSR count). The number of hydrogen-bond acceptors (Lipinski definition) is 4. The Kier molecular flexibility index (Phi) is 2.61. The predicted molar refractivity (Wildman–Crippen MR) is 62.0 cm³/mol. The molecule has 6 nitrogen and oxygen atoms in total. The summed E-state index contributed by atoms with van der Waals surface area (Å²) in [6.45, 7) is 0. The third-order valence-electron chi connectivity index (χ3n) is 1.99. The van der Waals surface area contributed by atoms with E-state index in [1.165, 1.54) is 4.68 Å². The van der Waals surface area contributed by atoms with Crippen LogP contribution in [0.1, 0.15) is 10.5 Å². The number of halogens is 1. The molecule has 0 atom stereocenters. The maximum atomic E-state index is 11.0. The Morgan fingerprint density at radius 1 is 1.44 bits per heavy atom. The van der Waals surface area contributed by atoms with E-state index >= 15 is 0 Å². The van der Waals surface area contributed by atoms with Gasteiger partial charge in [-0.1, -0.05) is 27.2 Å². The largest absolute Gasteiger partial charge is 0.382 e. The number of nitrogens with two attached hydrogens (primary N) is 2. The summed E-state index contributed by atoms with van der Waals surface area (Å²) in [7, 11) is 0. The third-order valence-corrected chi connectivity index (χ3v) is 2.48. The molecule has 4 N–H and O–H groups in total. The molecule has 0 saturated carbocycles. The molecule has 2 aromatic rings. The van der Waals surface area contributed by atoms with E-state index in [0.29, 0.717) is 5.69 Å². The molecule has 1 aromatic heterocycles. The fourth-order valence-electron chi connectivity index (χ4n) is 1.26. The van der Waals surface area contributed by atoms with Gasteiger partial charge in [0.25, 0.3) is 5.91 Å². The number of carbonyl (C=O) groups excluding carboxylic acids is 1. The number of hydrogen-bond donors (Lipinski definition) is 2. The summed E-state index contributed by atoms with van der Waals surface area (Å²) >= 11 is 3.33. The van der Waals surface area contributed by atoms with Gasteiger partial charge in [-0.25, -0.2) is 0 Å². The summed E-state index contributed by atoms with van der Waals surface area (Å²) in [6.07, 6.45) is 0. The van der Waals surface area contributed by atoms with Crippen molar-refractivity contribution in [2.45, 2.75) is 0 Å². The Hall–Kier alpha value is -1.89. The molecule has 1 aromatic carbocycles. The lowest BCUT2D eigenvalue weighted by molar-refractivity contribution is 0.0996. The standard InChI is InChI=1S/C9H8BrN5O/c10-5-2-1-3-6(4-5)15-8(11)7(9(12)16)13-14-15/h1-4H,11H2,(H2,12,16). The van der Waals surface area contributed by atoms with E-state index < -0.39 is 5.91 Å². The van der Waals surface area contributed by atoms with E-state index in [-0.39, 0.29) is 11.5 Å². The van der Waals surface area contributed by atoms with Gasteiger partial charge >= 0.3 is 0 Å². The highest BCUT2D eigenvalue weighted by molar-refractivity contribution is 9.10. The highest BCUT2D eigenvalue weighted by Gasteiger charge is 2.15. The lowest BCUT2D eigenvalue weighted by Crippen LogP contribution is -2.14. The first-order valence-corrected chi connectivity index (χ1v) is 5.16. The van der Waals surface area contributed by atoms with Crippen LogP contribution in [0.4, 0.5) is 5.82 Å². The van der Waals surface area contributed by atoms with Crippen molar-refractivity contribution in [2.24, 2.45) is 5.73 Å². The summed E-state index contributed by atoms with van der Waals surface area (Å²) in [5.74, 6) is -0.565. The highest BCUT2D eigenvalue weighted by atomic mass is 79.9. The van der Waals surface area contributed by atoms with Crippen molar-refractivity contribution in [1.29, 1.82) is 0 Å². The van der Waals surface area contributed by atoms with Crippen LogP contribution in [0.2, 0.25) is 0 Å². The molecular formula is C9H8BrN5O. The van der Waals surface area contributed by atoms with E-state index in [1.54, 1.807) is 12.1 Å². The van der Waals surface area contributed by atoms with Gasteiger partial charge in [-0.05, 0) is 18.2 Å². The Labute approximate surface area is 99.4 Å². The molecule has 0 aliphatic heterocycles. The summed E-state index contributed by atoms with van der Waals surface area (Å²) in [4.78, 5) is 11.0. The second-order valence-electron chi connectivity index (χ2n) is 3.08. The van der Waals surface area contributed by atoms with E-state index in [2.05, 4.69) is 26.2 Å². The van der Waals surface area contributed by atoms with Crippen molar-refractivity contribution in [2.75, 3.05) is 5.73 Å². The van der Waals surface area contributed by atoms with Crippen molar-refractivity contribution in [1.82, 2.24) is 15.0 Å². The fraction of sp³-hybridized carbons (Fsp3) is 0. The average molecular weight is 282 g/mol. The molecule has 82 valence electrons. The van der Waals surface area contributed by atoms with Crippen LogP contribution in [0.25, 0.3) is 5.69 Å². The Balaban J connectivity index is 2.53. The van der Waals surface area contributed by atoms with E-state index in [1.807, 2.05) is 12.1 Å². The maximum absolute atomic E-state index is 11.0. The first-order chi connectivity index (χ1) is 7.59. The molecule has 1 heterocycles. The molecule has 0 unspecified atom stereocenters. The van der Waals surface area contributed by atoms with Gasteiger partial charge in [-0.3, -0.25) is 4.79 Å². The molecule has 0 spiro atoms. The number of rotatable bonds is 2. The Morgan fingerprint density at radius 3 is 2.75 bits per heavy atom. The zero-order valence-electron chi connectivity index (χ0n) is 8.09. The lowest BCUT2D eigenvalue weighted by Gasteiger charge is -2.02. The maximum Gasteiger partial charge on any atom is 0.273 e. The molecule has 0 saturated heterocycles. The predicted octanol–water partition coefficient (Wildman–Crippen LogP) is 0.711. The van der Waals surface area contributed by atoms with Crippen LogP contribution in [-0.2, 0) is 0 Å². The molecule has 16 heavy (non-hydrogen) atoms. The van der Waals surface area contributed by atoms with Crippen LogP contribution in [0.5, 0.6) is 0 Å². The van der Waals surface area contributed by atoms with Gasteiger partial charge in [0.15, 0.2) is 11.5 Å². The summed E-state index contributed by atoms with van der Waals surface area (Å²) < 4.78 is 2.23. The van der Waals surface area contributed by atoms with Crippen LogP contribution < -0.4 is 11.5 Å². The summed E-state index contributed by atoms with van der Waals surface area (Å²) in [5, 5.41) is 7.39. The first kappa shape index (κ1) is 10.6. The number of aromatic nitrogens is 3. The molecule has 7 heteroatoms. The monoisotopic (exact) mass is 281 g/mol. The topological polar surface area (TPSA) is 99.8 Å². The number of benzene rings is 1. The normalized spacial score (nSPS) is 10.3. The SMILES string of the molecule is NC(=O)c1nnn(-c2cccc(Br)c2)c1N. The molecule has 0 aliphatic carbocycles. The van der Waals surface area contributed by atoms with E-state index in [4.69, 9.17) is 11.5 Å². The minimum absolute atomic E-state index is 0.0278. The number of carbonyl (C=O) groups is 1. The van der Waals surface area contributed by atoms with Crippen LogP contribution in [0.3, 0.4) is 0 Å². The average Bonchev–Trinajstić information content (AvgIpc) is 2.60. The fourth-order valence-corrected chi connectivity index (χ4v) is 1.65. The van der Waals surface area contributed by atoms with Crippen molar-refractivity contribution < 1.29 is 4.79 Å². The Morgan fingerprint density at radius 2 is 2.19 bits per heavy atom. The first-order valence-electron chi connectivity index (χ1n) is 4.36. The number of amides is 1. The van der Waals surface area contributed by atoms with E-state index in [9.17, 15) is 4.79 Å². The molecular weight excluding hydrogens is 274 g/mol. The summed E-state index contributed by atoms with van der Waals surface area (Å²) in [5.41, 5.74) is 11.5. The second-order valence-corrected chi connectivity index (χ2v) is 3.99. The number of anilines is 1. The van der Waals surface area contributed by atoms with Gasteiger partial charge in [-0.15, -0.1) is 5.10 Å². The number of nitrogens with zero attached hydrogens (tertiary/aromatic N) is 3. The minimum Gasteiger partial charge on any atom is -0.382 e. The van der Waals surface area contributed by atoms with Crippen molar-refractivity contribution in [3.05, 3.63) is 34.4 Å². The minimum atomic E-state index is -0.696. The van der Waals surface area contributed by atoms with Crippen LogP contribution >= 0.6 is 15.9 Å². The summed E-state index contributed by atoms with van der Waals surface area (Å²) in [6, 6.07) is 7.28. The van der Waals surface area contributed by atoms with Gasteiger partial charge in [0.2, 0.25) is 0 Å². The number of nitrogen functional groups attached to an aromatic ring is 1. The van der Waals surface area contributed by atoms with Gasteiger partial charge in [0, 0.05) is 4.47 Å². The molecule has 0 bridgehead atoms. The van der Waals surface area contributed by atoms with Crippen molar-refractivity contribution in [3.63, 3.8) is 0 Å². The van der Waals surface area contributed by atoms with Crippen LogP contribution in [0, 0.1) is 0 Å². The quantitative estimate of drug-likeness (QED) is 0.847. The van der Waals surface area contributed by atoms with Crippen LogP contribution in [-0.4, -0.2) is 20.9 Å². The zero-order valence-corrected chi connectivity index (χ0v) is 9.68. The molecule has 1 amide bonds. The van der Waals surface area contributed by atoms with E-state index in [0.717, 1.165) is 4.47 Å². The zero-order chi connectivity index (χ0) is 11.7. The van der Waals surface area contributed by atoms with Gasteiger partial charge in [0.05, 0.1) is 5.69 Å². The molecule has 0 fully saturated rings. The number of primary amides is 1. The molecule has 0 aliphatic rings. The van der Waals surface area contributed by atoms with Gasteiger partial charge in [-0.2, -0.15) is 4.68 Å². The van der Waals surface area contributed by atoms with Crippen molar-refractivity contribution in [3.8, 4) is 5.69 Å². The highest BCUT2D eigenvalue weighted by Crippen LogP contribution is 2.18. The van der Waals surface area contributed by atoms with Gasteiger partial charge in [0.1, 0.15) is 0 Å². The van der Waals surface area contributed by atoms with Crippen LogP contribution in [0.15, 0.2) is 28.7 Å². The van der Waals surface area contributed by atoms with Gasteiger partial charge < -0.3 is 11.5 Å². The lowest BCUT2D eigenvalue weighted by atomic mass is 10.3. The Bertz CT molecular complexity index is 551. The van der Waals surface area contributed by atoms with Crippen molar-refractivity contribution >= 4 is 27.7 Å². The smallest absolute Gasteiger partial charge is 0.273 e. The third kappa shape index (κ3) is 1.76.